The van der Waals surface area contributed by atoms with E-state index in [1.165, 1.54) is 32.6 Å². The molecule has 0 amide bonds. The molecule has 0 atom stereocenters. The molecule has 126 valence electrons. The fourth-order valence-corrected chi connectivity index (χ4v) is 5.32. The molecular weight excluding hydrogens is 272 g/mol. The molecule has 0 aliphatic heterocycles. The lowest BCUT2D eigenvalue weighted by Gasteiger charge is -2.54. The summed E-state index contributed by atoms with van der Waals surface area (Å²) >= 11 is 0. The molecule has 0 aromatic carbocycles. The van der Waals surface area contributed by atoms with Gasteiger partial charge in [-0.2, -0.15) is 0 Å². The van der Waals surface area contributed by atoms with Crippen molar-refractivity contribution in [1.29, 1.82) is 0 Å². The Morgan fingerprint density at radius 3 is 1.91 bits per heavy atom. The third-order valence-electron chi connectivity index (χ3n) is 6.18. The minimum Gasteiger partial charge on any atom is -0.478 e. The first-order chi connectivity index (χ1) is 10.5. The number of carboxylic acid groups (broad SMARTS) is 1. The second kappa shape index (κ2) is 8.17. The van der Waals surface area contributed by atoms with E-state index in [1.807, 2.05) is 0 Å². The molecule has 4 rings (SSSR count). The van der Waals surface area contributed by atoms with Crippen LogP contribution in [0.15, 0.2) is 12.2 Å². The van der Waals surface area contributed by atoms with Crippen LogP contribution in [0.3, 0.4) is 0 Å². The first kappa shape index (κ1) is 17.6. The van der Waals surface area contributed by atoms with Gasteiger partial charge in [-0.05, 0) is 75.0 Å². The smallest absolute Gasteiger partial charge is 0.330 e. The van der Waals surface area contributed by atoms with Crippen LogP contribution in [-0.2, 0) is 4.79 Å². The van der Waals surface area contributed by atoms with Gasteiger partial charge in [0.25, 0.3) is 0 Å². The van der Waals surface area contributed by atoms with E-state index in [9.17, 15) is 4.79 Å². The first-order valence-corrected chi connectivity index (χ1v) is 9.40. The molecule has 4 aliphatic carbocycles. The highest BCUT2D eigenvalue weighted by Crippen LogP contribution is 2.57. The van der Waals surface area contributed by atoms with E-state index in [2.05, 4.69) is 13.5 Å². The lowest BCUT2D eigenvalue weighted by Crippen LogP contribution is -2.44. The van der Waals surface area contributed by atoms with Gasteiger partial charge in [0.05, 0.1) is 0 Å². The summed E-state index contributed by atoms with van der Waals surface area (Å²) in [4.78, 5) is 9.60. The van der Waals surface area contributed by atoms with Crippen molar-refractivity contribution in [2.45, 2.75) is 78.1 Å². The third kappa shape index (κ3) is 4.60. The highest BCUT2D eigenvalue weighted by Gasteiger charge is 2.47. The van der Waals surface area contributed by atoms with Crippen LogP contribution >= 0.6 is 0 Å². The van der Waals surface area contributed by atoms with Crippen LogP contribution in [0.25, 0.3) is 0 Å². The van der Waals surface area contributed by atoms with Crippen LogP contribution in [0, 0.1) is 29.6 Å². The zero-order valence-electron chi connectivity index (χ0n) is 14.5. The van der Waals surface area contributed by atoms with Gasteiger partial charge >= 0.3 is 5.97 Å². The Bertz CT molecular complexity index is 345. The Morgan fingerprint density at radius 1 is 1.00 bits per heavy atom. The topological polar surface area (TPSA) is 37.3 Å². The highest BCUT2D eigenvalue weighted by molar-refractivity contribution is 5.84. The Labute approximate surface area is 136 Å². The first-order valence-electron chi connectivity index (χ1n) is 9.40. The van der Waals surface area contributed by atoms with Crippen LogP contribution in [0.2, 0.25) is 0 Å². The van der Waals surface area contributed by atoms with Gasteiger partial charge in [-0.25, -0.2) is 4.79 Å². The van der Waals surface area contributed by atoms with Gasteiger partial charge in [0.2, 0.25) is 0 Å². The lowest BCUT2D eigenvalue weighted by atomic mass is 9.51. The molecule has 0 spiro atoms. The maximum Gasteiger partial charge on any atom is 0.330 e. The van der Waals surface area contributed by atoms with Crippen LogP contribution in [-0.4, -0.2) is 11.1 Å². The molecule has 0 aromatic heterocycles. The zero-order valence-corrected chi connectivity index (χ0v) is 14.5. The number of hydrogen-bond donors (Lipinski definition) is 1. The van der Waals surface area contributed by atoms with Crippen LogP contribution in [0.1, 0.15) is 78.1 Å². The highest BCUT2D eigenvalue weighted by atomic mass is 16.4. The van der Waals surface area contributed by atoms with E-state index in [1.54, 1.807) is 38.5 Å². The normalized spacial score (nSPS) is 34.9. The minimum atomic E-state index is -0.935. The molecule has 4 aliphatic rings. The maximum absolute atomic E-state index is 9.60. The molecule has 1 N–H and O–H groups in total. The van der Waals surface area contributed by atoms with Gasteiger partial charge in [-0.1, -0.05) is 39.2 Å². The number of aliphatic carboxylic acids is 1. The summed E-state index contributed by atoms with van der Waals surface area (Å²) < 4.78 is 0. The predicted octanol–water partition coefficient (Wildman–Crippen LogP) is 5.68. The van der Waals surface area contributed by atoms with E-state index in [4.69, 9.17) is 5.11 Å². The average Bonchev–Trinajstić information content (AvgIpc) is 2.45. The fourth-order valence-electron chi connectivity index (χ4n) is 5.32. The second-order valence-corrected chi connectivity index (χ2v) is 8.03. The number of carboxylic acids is 1. The van der Waals surface area contributed by atoms with E-state index < -0.39 is 5.97 Å². The standard InChI is InChI=1S/C16H28.C4H6O2/c1-2-3-4-5-6-16-14-8-12-7-13(10-14)11-15(16)9-12;1-3(2)4(5)6/h12-16H,2-11H2,1H3;1H2,2H3,(H,5,6). The van der Waals surface area contributed by atoms with Crippen molar-refractivity contribution in [3.63, 3.8) is 0 Å². The van der Waals surface area contributed by atoms with Crippen molar-refractivity contribution in [2.75, 3.05) is 0 Å². The van der Waals surface area contributed by atoms with Gasteiger partial charge in [0.1, 0.15) is 0 Å². The number of carbonyl (C=O) groups is 1. The maximum atomic E-state index is 9.60. The Morgan fingerprint density at radius 2 is 1.50 bits per heavy atom. The molecule has 22 heavy (non-hydrogen) atoms. The molecule has 0 saturated heterocycles. The second-order valence-electron chi connectivity index (χ2n) is 8.03. The van der Waals surface area contributed by atoms with E-state index in [0.717, 1.165) is 29.6 Å². The molecule has 0 radical (unpaired) electrons. The predicted molar refractivity (Wildman–Crippen MR) is 91.7 cm³/mol. The summed E-state index contributed by atoms with van der Waals surface area (Å²) in [6, 6.07) is 0. The van der Waals surface area contributed by atoms with E-state index >= 15 is 0 Å². The van der Waals surface area contributed by atoms with Gasteiger partial charge in [0.15, 0.2) is 0 Å². The third-order valence-corrected chi connectivity index (χ3v) is 6.18. The molecule has 0 heterocycles. The molecule has 2 nitrogen and oxygen atoms in total. The molecular formula is C20H34O2. The Balaban J connectivity index is 0.000000254. The summed E-state index contributed by atoms with van der Waals surface area (Å²) in [5.74, 6) is 4.87. The van der Waals surface area contributed by atoms with Gasteiger partial charge < -0.3 is 5.11 Å². The lowest BCUT2D eigenvalue weighted by molar-refractivity contribution is -0.132. The quantitative estimate of drug-likeness (QED) is 0.506. The van der Waals surface area contributed by atoms with Crippen molar-refractivity contribution in [1.82, 2.24) is 0 Å². The largest absolute Gasteiger partial charge is 0.478 e. The molecule has 4 saturated carbocycles. The average molecular weight is 306 g/mol. The van der Waals surface area contributed by atoms with Crippen LogP contribution in [0.4, 0.5) is 0 Å². The van der Waals surface area contributed by atoms with Crippen molar-refractivity contribution in [3.05, 3.63) is 12.2 Å². The number of hydrogen-bond acceptors (Lipinski definition) is 1. The monoisotopic (exact) mass is 306 g/mol. The summed E-state index contributed by atoms with van der Waals surface area (Å²) in [5, 5.41) is 7.89. The van der Waals surface area contributed by atoms with Crippen LogP contribution in [0.5, 0.6) is 0 Å². The van der Waals surface area contributed by atoms with E-state index in [-0.39, 0.29) is 5.57 Å². The van der Waals surface area contributed by atoms with Gasteiger partial charge in [0, 0.05) is 5.57 Å². The van der Waals surface area contributed by atoms with Crippen LogP contribution < -0.4 is 0 Å². The molecule has 4 bridgehead atoms. The molecule has 4 fully saturated rings. The van der Waals surface area contributed by atoms with Crippen molar-refractivity contribution in [3.8, 4) is 0 Å². The fraction of sp³-hybridized carbons (Fsp3) is 0.850. The van der Waals surface area contributed by atoms with Gasteiger partial charge in [-0.3, -0.25) is 0 Å². The zero-order chi connectivity index (χ0) is 16.1. The summed E-state index contributed by atoms with van der Waals surface area (Å²) in [7, 11) is 0. The van der Waals surface area contributed by atoms with Crippen molar-refractivity contribution in [2.24, 2.45) is 29.6 Å². The molecule has 0 unspecified atom stereocenters. The minimum absolute atomic E-state index is 0.176. The number of unbranched alkanes of at least 4 members (excludes halogenated alkanes) is 3. The summed E-state index contributed by atoms with van der Waals surface area (Å²) in [5.41, 5.74) is 0.176. The Kier molecular flexibility index (Phi) is 6.52. The Hall–Kier alpha value is -0.790. The number of rotatable bonds is 6. The summed E-state index contributed by atoms with van der Waals surface area (Å²) in [6.07, 6.45) is 15.5. The van der Waals surface area contributed by atoms with Crippen molar-refractivity contribution < 1.29 is 9.90 Å². The van der Waals surface area contributed by atoms with Crippen molar-refractivity contribution >= 4 is 5.97 Å². The molecule has 0 aromatic rings. The SMILES string of the molecule is C=C(C)C(=O)O.CCCCCCC1C2CC3CC(C2)CC1C3. The van der Waals surface area contributed by atoms with E-state index in [0.29, 0.717) is 0 Å². The summed E-state index contributed by atoms with van der Waals surface area (Å²) in [6.45, 7) is 6.92. The van der Waals surface area contributed by atoms with Gasteiger partial charge in [-0.15, -0.1) is 0 Å². The molecule has 2 heteroatoms.